The Labute approximate surface area is 138 Å². The minimum absolute atomic E-state index is 0.0600. The second kappa shape index (κ2) is 6.34. The number of nitrogens with one attached hydrogen (secondary N) is 1. The summed E-state index contributed by atoms with van der Waals surface area (Å²) in [6.07, 6.45) is 0. The smallest absolute Gasteiger partial charge is 0.254 e. The Morgan fingerprint density at radius 1 is 1.22 bits per heavy atom. The molecule has 0 unspecified atom stereocenters. The predicted octanol–water partition coefficient (Wildman–Crippen LogP) is 4.27. The number of nitrogens with zero attached hydrogens (tertiary/aromatic N) is 1. The Hall–Kier alpha value is -2.46. The van der Waals surface area contributed by atoms with E-state index in [-0.39, 0.29) is 16.6 Å². The molecule has 1 aromatic heterocycles. The van der Waals surface area contributed by atoms with Crippen molar-refractivity contribution in [1.82, 2.24) is 10.3 Å². The minimum Gasteiger partial charge on any atom is -0.348 e. The normalized spacial score (nSPS) is 10.7. The molecule has 0 aliphatic carbocycles. The van der Waals surface area contributed by atoms with Gasteiger partial charge in [-0.25, -0.2) is 9.37 Å². The zero-order valence-electron chi connectivity index (χ0n) is 12.4. The van der Waals surface area contributed by atoms with Crippen LogP contribution >= 0.6 is 11.6 Å². The molecule has 5 heteroatoms. The summed E-state index contributed by atoms with van der Waals surface area (Å²) in [4.78, 5) is 16.4. The van der Waals surface area contributed by atoms with E-state index in [1.165, 1.54) is 12.1 Å². The Bertz CT molecular complexity index is 895. The molecule has 3 nitrogen and oxygen atoms in total. The molecular weight excluding hydrogens is 315 g/mol. The van der Waals surface area contributed by atoms with Gasteiger partial charge >= 0.3 is 0 Å². The number of carbonyl (C=O) groups excluding carboxylic acids is 1. The molecule has 0 fully saturated rings. The summed E-state index contributed by atoms with van der Waals surface area (Å²) in [7, 11) is 0. The lowest BCUT2D eigenvalue weighted by molar-refractivity contribution is 0.0951. The van der Waals surface area contributed by atoms with Crippen LogP contribution in [-0.2, 0) is 6.54 Å². The van der Waals surface area contributed by atoms with Gasteiger partial charge in [-0.3, -0.25) is 4.79 Å². The maximum atomic E-state index is 13.2. The Kier molecular flexibility index (Phi) is 4.26. The van der Waals surface area contributed by atoms with Gasteiger partial charge in [0.1, 0.15) is 11.0 Å². The van der Waals surface area contributed by atoms with E-state index in [9.17, 15) is 9.18 Å². The average Bonchev–Trinajstić information content (AvgIpc) is 2.52. The third-order valence-electron chi connectivity index (χ3n) is 3.51. The van der Waals surface area contributed by atoms with Gasteiger partial charge in [0.2, 0.25) is 0 Å². The first-order chi connectivity index (χ1) is 11.0. The summed E-state index contributed by atoms with van der Waals surface area (Å²) in [5, 5.41) is 3.55. The van der Waals surface area contributed by atoms with Crippen LogP contribution in [0.15, 0.2) is 48.5 Å². The number of aryl methyl sites for hydroxylation is 1. The first-order valence-electron chi connectivity index (χ1n) is 7.12. The van der Waals surface area contributed by atoms with Gasteiger partial charge in [-0.2, -0.15) is 0 Å². The van der Waals surface area contributed by atoms with Gasteiger partial charge in [0, 0.05) is 18.0 Å². The molecule has 0 spiro atoms. The van der Waals surface area contributed by atoms with Crippen LogP contribution < -0.4 is 5.32 Å². The van der Waals surface area contributed by atoms with Crippen molar-refractivity contribution in [3.63, 3.8) is 0 Å². The zero-order chi connectivity index (χ0) is 16.4. The highest BCUT2D eigenvalue weighted by Crippen LogP contribution is 2.21. The second-order valence-corrected chi connectivity index (χ2v) is 5.69. The van der Waals surface area contributed by atoms with Crippen molar-refractivity contribution in [2.24, 2.45) is 0 Å². The minimum atomic E-state index is -0.391. The summed E-state index contributed by atoms with van der Waals surface area (Å²) in [6.45, 7) is 2.40. The van der Waals surface area contributed by atoms with Crippen LogP contribution in [0.3, 0.4) is 0 Å². The maximum absolute atomic E-state index is 13.2. The highest BCUT2D eigenvalue weighted by molar-refractivity contribution is 6.33. The van der Waals surface area contributed by atoms with Gasteiger partial charge < -0.3 is 5.32 Å². The molecule has 116 valence electrons. The van der Waals surface area contributed by atoms with Gasteiger partial charge in [-0.15, -0.1) is 0 Å². The molecule has 2 aromatic carbocycles. The highest BCUT2D eigenvalue weighted by Gasteiger charge is 2.13. The number of amides is 1. The van der Waals surface area contributed by atoms with E-state index in [2.05, 4.69) is 10.3 Å². The quantitative estimate of drug-likeness (QED) is 0.730. The molecule has 1 amide bonds. The van der Waals surface area contributed by atoms with Crippen LogP contribution in [0.1, 0.15) is 21.5 Å². The fourth-order valence-electron chi connectivity index (χ4n) is 2.38. The molecule has 0 aliphatic rings. The van der Waals surface area contributed by atoms with Crippen molar-refractivity contribution in [3.8, 4) is 0 Å². The molecule has 3 aromatic rings. The molecule has 0 saturated carbocycles. The third kappa shape index (κ3) is 3.48. The number of benzene rings is 2. The number of pyridine rings is 1. The molecule has 1 heterocycles. The van der Waals surface area contributed by atoms with Crippen molar-refractivity contribution >= 4 is 28.4 Å². The number of carbonyl (C=O) groups is 1. The van der Waals surface area contributed by atoms with E-state index in [0.717, 1.165) is 11.1 Å². The lowest BCUT2D eigenvalue weighted by Crippen LogP contribution is -2.23. The molecule has 0 bridgehead atoms. The van der Waals surface area contributed by atoms with E-state index in [1.807, 2.05) is 31.2 Å². The fourth-order valence-corrected chi connectivity index (χ4v) is 2.61. The van der Waals surface area contributed by atoms with Crippen molar-refractivity contribution in [1.29, 1.82) is 0 Å². The Morgan fingerprint density at radius 2 is 2.04 bits per heavy atom. The van der Waals surface area contributed by atoms with Gasteiger partial charge in [-0.1, -0.05) is 41.4 Å². The number of aromatic nitrogens is 1. The number of rotatable bonds is 3. The topological polar surface area (TPSA) is 42.0 Å². The Balaban J connectivity index is 1.83. The fraction of sp³-hybridized carbons (Fsp3) is 0.111. The van der Waals surface area contributed by atoms with Crippen LogP contribution in [0.4, 0.5) is 4.39 Å². The first-order valence-corrected chi connectivity index (χ1v) is 7.50. The number of halogens is 2. The highest BCUT2D eigenvalue weighted by atomic mass is 35.5. The Morgan fingerprint density at radius 3 is 2.83 bits per heavy atom. The van der Waals surface area contributed by atoms with Crippen molar-refractivity contribution < 1.29 is 9.18 Å². The lowest BCUT2D eigenvalue weighted by Gasteiger charge is -2.08. The van der Waals surface area contributed by atoms with E-state index in [1.54, 1.807) is 12.1 Å². The van der Waals surface area contributed by atoms with Crippen molar-refractivity contribution in [2.45, 2.75) is 13.5 Å². The molecule has 23 heavy (non-hydrogen) atoms. The van der Waals surface area contributed by atoms with E-state index < -0.39 is 5.82 Å². The number of hydrogen-bond acceptors (Lipinski definition) is 2. The standard InChI is InChI=1S/C18H14ClFN2O/c1-11-3-2-4-12(7-11)10-21-18(23)15-8-13-5-6-14(20)9-16(13)22-17(15)19/h2-9H,10H2,1H3,(H,21,23). The predicted molar refractivity (Wildman–Crippen MR) is 89.1 cm³/mol. The maximum Gasteiger partial charge on any atom is 0.254 e. The summed E-state index contributed by atoms with van der Waals surface area (Å²) >= 11 is 6.06. The monoisotopic (exact) mass is 328 g/mol. The largest absolute Gasteiger partial charge is 0.348 e. The van der Waals surface area contributed by atoms with Crippen LogP contribution in [0, 0.1) is 12.7 Å². The number of fused-ring (bicyclic) bond motifs is 1. The van der Waals surface area contributed by atoms with Crippen LogP contribution in [0.2, 0.25) is 5.15 Å². The van der Waals surface area contributed by atoms with Gasteiger partial charge in [-0.05, 0) is 30.7 Å². The van der Waals surface area contributed by atoms with Gasteiger partial charge in [0.25, 0.3) is 5.91 Å². The van der Waals surface area contributed by atoms with Crippen LogP contribution in [-0.4, -0.2) is 10.9 Å². The van der Waals surface area contributed by atoms with Crippen molar-refractivity contribution in [2.75, 3.05) is 0 Å². The van der Waals surface area contributed by atoms with E-state index in [4.69, 9.17) is 11.6 Å². The third-order valence-corrected chi connectivity index (χ3v) is 3.80. The molecule has 0 aliphatic heterocycles. The molecule has 3 rings (SSSR count). The summed E-state index contributed by atoms with van der Waals surface area (Å²) in [5.74, 6) is -0.701. The van der Waals surface area contributed by atoms with E-state index in [0.29, 0.717) is 17.4 Å². The summed E-state index contributed by atoms with van der Waals surface area (Å²) < 4.78 is 13.2. The zero-order valence-corrected chi connectivity index (χ0v) is 13.2. The lowest BCUT2D eigenvalue weighted by atomic mass is 10.1. The SMILES string of the molecule is Cc1cccc(CNC(=O)c2cc3ccc(F)cc3nc2Cl)c1. The van der Waals surface area contributed by atoms with E-state index >= 15 is 0 Å². The molecule has 0 saturated heterocycles. The summed E-state index contributed by atoms with van der Waals surface area (Å²) in [6, 6.07) is 13.7. The van der Waals surface area contributed by atoms with Crippen LogP contribution in [0.5, 0.6) is 0 Å². The number of hydrogen-bond donors (Lipinski definition) is 1. The van der Waals surface area contributed by atoms with Crippen LogP contribution in [0.25, 0.3) is 10.9 Å². The molecule has 0 radical (unpaired) electrons. The van der Waals surface area contributed by atoms with Crippen molar-refractivity contribution in [3.05, 3.63) is 76.2 Å². The molecular formula is C18H14ClFN2O. The van der Waals surface area contributed by atoms with Gasteiger partial charge in [0.15, 0.2) is 0 Å². The average molecular weight is 329 g/mol. The summed E-state index contributed by atoms with van der Waals surface area (Å²) in [5.41, 5.74) is 2.83. The van der Waals surface area contributed by atoms with Gasteiger partial charge in [0.05, 0.1) is 11.1 Å². The second-order valence-electron chi connectivity index (χ2n) is 5.34. The first kappa shape index (κ1) is 15.4. The molecule has 0 atom stereocenters. The molecule has 1 N–H and O–H groups in total.